The molecule has 1 aromatic rings. The summed E-state index contributed by atoms with van der Waals surface area (Å²) in [7, 11) is 0. The number of hydrogen-bond donors (Lipinski definition) is 2. The lowest BCUT2D eigenvalue weighted by molar-refractivity contribution is 0.118. The Kier molecular flexibility index (Phi) is 6.15. The average Bonchev–Trinajstić information content (AvgIpc) is 2.96. The van der Waals surface area contributed by atoms with E-state index in [0.29, 0.717) is 12.5 Å². The van der Waals surface area contributed by atoms with Gasteiger partial charge in [0.1, 0.15) is 0 Å². The second kappa shape index (κ2) is 8.12. The molecule has 1 aromatic carbocycles. The van der Waals surface area contributed by atoms with Crippen LogP contribution >= 0.6 is 11.6 Å². The summed E-state index contributed by atoms with van der Waals surface area (Å²) in [6.45, 7) is 2.34. The van der Waals surface area contributed by atoms with Crippen molar-refractivity contribution in [1.82, 2.24) is 5.32 Å². The quantitative estimate of drug-likeness (QED) is 0.481. The SMILES string of the molecule is NC(=NCC1CCCO1)NCCCc1ccc(Cl)cc1. The number of benzene rings is 1. The Bertz CT molecular complexity index is 427. The summed E-state index contributed by atoms with van der Waals surface area (Å²) in [6.07, 6.45) is 4.49. The predicted molar refractivity (Wildman–Crippen MR) is 83.2 cm³/mol. The van der Waals surface area contributed by atoms with Crippen LogP contribution in [0.1, 0.15) is 24.8 Å². The summed E-state index contributed by atoms with van der Waals surface area (Å²) in [5.41, 5.74) is 7.10. The van der Waals surface area contributed by atoms with Crippen molar-refractivity contribution >= 4 is 17.6 Å². The normalized spacial score (nSPS) is 19.2. The van der Waals surface area contributed by atoms with Crippen molar-refractivity contribution in [3.63, 3.8) is 0 Å². The standard InChI is InChI=1S/C15H22ClN3O/c16-13-7-5-12(6-8-13)3-1-9-18-15(17)19-11-14-4-2-10-20-14/h5-8,14H,1-4,9-11H2,(H3,17,18,19). The number of aliphatic imine (C=N–C) groups is 1. The van der Waals surface area contributed by atoms with Gasteiger partial charge < -0.3 is 15.8 Å². The molecular formula is C15H22ClN3O. The molecule has 1 saturated heterocycles. The second-order valence-electron chi connectivity index (χ2n) is 5.02. The molecule has 3 N–H and O–H groups in total. The summed E-state index contributed by atoms with van der Waals surface area (Å²) in [4.78, 5) is 4.30. The minimum Gasteiger partial charge on any atom is -0.376 e. The zero-order valence-corrected chi connectivity index (χ0v) is 12.4. The summed E-state index contributed by atoms with van der Waals surface area (Å²) in [5, 5.41) is 3.91. The number of guanidine groups is 1. The minimum absolute atomic E-state index is 0.254. The predicted octanol–water partition coefficient (Wildman–Crippen LogP) is 2.36. The Morgan fingerprint density at radius 1 is 1.40 bits per heavy atom. The number of ether oxygens (including phenoxy) is 1. The summed E-state index contributed by atoms with van der Waals surface area (Å²) < 4.78 is 5.50. The lowest BCUT2D eigenvalue weighted by Crippen LogP contribution is -2.33. The molecule has 0 saturated carbocycles. The summed E-state index contributed by atoms with van der Waals surface area (Å²) in [6, 6.07) is 7.94. The lowest BCUT2D eigenvalue weighted by atomic mass is 10.1. The van der Waals surface area contributed by atoms with Crippen LogP contribution < -0.4 is 11.1 Å². The molecule has 0 aromatic heterocycles. The Morgan fingerprint density at radius 3 is 2.90 bits per heavy atom. The second-order valence-corrected chi connectivity index (χ2v) is 5.45. The number of nitrogens with zero attached hydrogens (tertiary/aromatic N) is 1. The molecule has 0 radical (unpaired) electrons. The third-order valence-corrected chi connectivity index (χ3v) is 3.60. The van der Waals surface area contributed by atoms with Crippen LogP contribution in [0, 0.1) is 0 Å². The number of halogens is 1. The summed E-state index contributed by atoms with van der Waals surface area (Å²) >= 11 is 5.85. The smallest absolute Gasteiger partial charge is 0.188 e. The fraction of sp³-hybridized carbons (Fsp3) is 0.533. The molecule has 2 rings (SSSR count). The van der Waals surface area contributed by atoms with Crippen molar-refractivity contribution in [3.05, 3.63) is 34.9 Å². The van der Waals surface area contributed by atoms with Crippen molar-refractivity contribution in [2.75, 3.05) is 19.7 Å². The van der Waals surface area contributed by atoms with Crippen LogP contribution in [0.25, 0.3) is 0 Å². The van der Waals surface area contributed by atoms with Crippen LogP contribution in [-0.2, 0) is 11.2 Å². The third-order valence-electron chi connectivity index (χ3n) is 3.35. The Balaban J connectivity index is 1.59. The third kappa shape index (κ3) is 5.39. The van der Waals surface area contributed by atoms with Crippen LogP contribution in [0.5, 0.6) is 0 Å². The van der Waals surface area contributed by atoms with E-state index < -0.39 is 0 Å². The van der Waals surface area contributed by atoms with Gasteiger partial charge in [0.15, 0.2) is 5.96 Å². The zero-order valence-electron chi connectivity index (χ0n) is 11.6. The van der Waals surface area contributed by atoms with E-state index in [0.717, 1.165) is 43.9 Å². The van der Waals surface area contributed by atoms with Gasteiger partial charge in [-0.05, 0) is 43.4 Å². The topological polar surface area (TPSA) is 59.6 Å². The molecule has 0 bridgehead atoms. The molecule has 1 aliphatic heterocycles. The van der Waals surface area contributed by atoms with Crippen LogP contribution in [0.4, 0.5) is 0 Å². The van der Waals surface area contributed by atoms with Crippen LogP contribution in [0.2, 0.25) is 5.02 Å². The van der Waals surface area contributed by atoms with E-state index >= 15 is 0 Å². The van der Waals surface area contributed by atoms with Gasteiger partial charge in [0.2, 0.25) is 0 Å². The Hall–Kier alpha value is -1.26. The maximum absolute atomic E-state index is 5.85. The monoisotopic (exact) mass is 295 g/mol. The lowest BCUT2D eigenvalue weighted by Gasteiger charge is -2.08. The van der Waals surface area contributed by atoms with Crippen molar-refractivity contribution < 1.29 is 4.74 Å². The van der Waals surface area contributed by atoms with E-state index in [9.17, 15) is 0 Å². The van der Waals surface area contributed by atoms with E-state index in [1.54, 1.807) is 0 Å². The van der Waals surface area contributed by atoms with Crippen molar-refractivity contribution in [3.8, 4) is 0 Å². The van der Waals surface area contributed by atoms with E-state index in [1.165, 1.54) is 5.56 Å². The number of nitrogens with two attached hydrogens (primary N) is 1. The maximum atomic E-state index is 5.85. The fourth-order valence-electron chi connectivity index (χ4n) is 2.20. The molecule has 0 amide bonds. The van der Waals surface area contributed by atoms with E-state index in [1.807, 2.05) is 12.1 Å². The van der Waals surface area contributed by atoms with E-state index in [-0.39, 0.29) is 6.10 Å². The van der Waals surface area contributed by atoms with Crippen molar-refractivity contribution in [2.45, 2.75) is 31.8 Å². The summed E-state index contributed by atoms with van der Waals surface area (Å²) in [5.74, 6) is 0.511. The first-order valence-corrected chi connectivity index (χ1v) is 7.51. The maximum Gasteiger partial charge on any atom is 0.188 e. The van der Waals surface area contributed by atoms with Gasteiger partial charge in [0, 0.05) is 18.2 Å². The highest BCUT2D eigenvalue weighted by Crippen LogP contribution is 2.12. The average molecular weight is 296 g/mol. The van der Waals surface area contributed by atoms with Crippen molar-refractivity contribution in [2.24, 2.45) is 10.7 Å². The molecular weight excluding hydrogens is 274 g/mol. The Morgan fingerprint density at radius 2 is 2.20 bits per heavy atom. The molecule has 1 atom stereocenters. The molecule has 1 aliphatic rings. The fourth-order valence-corrected chi connectivity index (χ4v) is 2.33. The first-order valence-electron chi connectivity index (χ1n) is 7.14. The minimum atomic E-state index is 0.254. The Labute approximate surface area is 125 Å². The van der Waals surface area contributed by atoms with Gasteiger partial charge in [-0.25, -0.2) is 0 Å². The highest BCUT2D eigenvalue weighted by Gasteiger charge is 2.14. The number of rotatable bonds is 6. The molecule has 1 fully saturated rings. The number of nitrogens with one attached hydrogen (secondary N) is 1. The molecule has 1 unspecified atom stereocenters. The molecule has 0 aliphatic carbocycles. The first kappa shape index (κ1) is 15.1. The highest BCUT2D eigenvalue weighted by atomic mass is 35.5. The first-order chi connectivity index (χ1) is 9.74. The van der Waals surface area contributed by atoms with Gasteiger partial charge in [-0.1, -0.05) is 23.7 Å². The molecule has 0 spiro atoms. The van der Waals surface area contributed by atoms with Gasteiger partial charge in [-0.2, -0.15) is 0 Å². The molecule has 4 nitrogen and oxygen atoms in total. The largest absolute Gasteiger partial charge is 0.376 e. The van der Waals surface area contributed by atoms with Gasteiger partial charge in [0.05, 0.1) is 12.6 Å². The molecule has 110 valence electrons. The molecule has 20 heavy (non-hydrogen) atoms. The van der Waals surface area contributed by atoms with E-state index in [2.05, 4.69) is 22.4 Å². The highest BCUT2D eigenvalue weighted by molar-refractivity contribution is 6.30. The van der Waals surface area contributed by atoms with E-state index in [4.69, 9.17) is 22.1 Å². The van der Waals surface area contributed by atoms with Gasteiger partial charge in [-0.3, -0.25) is 4.99 Å². The van der Waals surface area contributed by atoms with Crippen molar-refractivity contribution in [1.29, 1.82) is 0 Å². The number of hydrogen-bond acceptors (Lipinski definition) is 2. The molecule has 5 heteroatoms. The van der Waals surface area contributed by atoms with Gasteiger partial charge in [-0.15, -0.1) is 0 Å². The van der Waals surface area contributed by atoms with Crippen LogP contribution in [-0.4, -0.2) is 31.8 Å². The van der Waals surface area contributed by atoms with Crippen LogP contribution in [0.15, 0.2) is 29.3 Å². The number of aryl methyl sites for hydroxylation is 1. The van der Waals surface area contributed by atoms with Gasteiger partial charge in [0.25, 0.3) is 0 Å². The molecule has 1 heterocycles. The van der Waals surface area contributed by atoms with Gasteiger partial charge >= 0.3 is 0 Å². The van der Waals surface area contributed by atoms with Crippen LogP contribution in [0.3, 0.4) is 0 Å². The zero-order chi connectivity index (χ0) is 14.2.